The molecular formula is C6H10F2O3. The van der Waals surface area contributed by atoms with E-state index in [0.717, 1.165) is 7.11 Å². The highest BCUT2D eigenvalue weighted by Crippen LogP contribution is 2.10. The minimum Gasteiger partial charge on any atom is -0.467 e. The number of halogens is 2. The Kier molecular flexibility index (Phi) is 3.95. The molecule has 0 saturated heterocycles. The lowest BCUT2D eigenvalue weighted by atomic mass is 10.4. The first-order valence-electron chi connectivity index (χ1n) is 2.98. The molecule has 0 rings (SSSR count). The molecule has 5 heteroatoms. The number of rotatable bonds is 4. The van der Waals surface area contributed by atoms with Crippen LogP contribution in [0, 0.1) is 0 Å². The van der Waals surface area contributed by atoms with Gasteiger partial charge in [0.05, 0.1) is 7.11 Å². The molecule has 0 aromatic heterocycles. The SMILES string of the molecule is COC(=O)COCC(C)(F)F. The Morgan fingerprint density at radius 2 is 2.09 bits per heavy atom. The van der Waals surface area contributed by atoms with Gasteiger partial charge in [0, 0.05) is 6.92 Å². The lowest BCUT2D eigenvalue weighted by Gasteiger charge is -2.09. The van der Waals surface area contributed by atoms with Crippen molar-refractivity contribution in [3.05, 3.63) is 0 Å². The Hall–Kier alpha value is -0.710. The Balaban J connectivity index is 3.35. The summed E-state index contributed by atoms with van der Waals surface area (Å²) < 4.78 is 32.5. The van der Waals surface area contributed by atoms with E-state index in [0.29, 0.717) is 6.92 Å². The van der Waals surface area contributed by atoms with Crippen molar-refractivity contribution in [2.24, 2.45) is 0 Å². The Bertz CT molecular complexity index is 130. The van der Waals surface area contributed by atoms with Gasteiger partial charge in [-0.05, 0) is 0 Å². The van der Waals surface area contributed by atoms with Crippen molar-refractivity contribution in [3.8, 4) is 0 Å². The van der Waals surface area contributed by atoms with E-state index in [1.807, 2.05) is 0 Å². The average Bonchev–Trinajstić information content (AvgIpc) is 1.85. The van der Waals surface area contributed by atoms with Gasteiger partial charge in [-0.25, -0.2) is 13.6 Å². The molecule has 0 aromatic rings. The van der Waals surface area contributed by atoms with Crippen molar-refractivity contribution in [1.29, 1.82) is 0 Å². The Labute approximate surface area is 63.3 Å². The van der Waals surface area contributed by atoms with Gasteiger partial charge in [-0.2, -0.15) is 0 Å². The third-order valence-electron chi connectivity index (χ3n) is 0.803. The van der Waals surface area contributed by atoms with E-state index in [4.69, 9.17) is 0 Å². The van der Waals surface area contributed by atoms with Crippen LogP contribution in [0.15, 0.2) is 0 Å². The van der Waals surface area contributed by atoms with Gasteiger partial charge < -0.3 is 9.47 Å². The van der Waals surface area contributed by atoms with Crippen LogP contribution in [0.25, 0.3) is 0 Å². The third kappa shape index (κ3) is 7.18. The molecule has 0 radical (unpaired) electrons. The van der Waals surface area contributed by atoms with Crippen LogP contribution < -0.4 is 0 Å². The van der Waals surface area contributed by atoms with Gasteiger partial charge in [0.1, 0.15) is 13.2 Å². The summed E-state index contributed by atoms with van der Waals surface area (Å²) in [6, 6.07) is 0. The van der Waals surface area contributed by atoms with Gasteiger partial charge in [0.15, 0.2) is 0 Å². The van der Waals surface area contributed by atoms with Crippen LogP contribution in [0.1, 0.15) is 6.92 Å². The van der Waals surface area contributed by atoms with Crippen LogP contribution in [-0.4, -0.2) is 32.2 Å². The summed E-state index contributed by atoms with van der Waals surface area (Å²) in [4.78, 5) is 10.3. The predicted molar refractivity (Wildman–Crippen MR) is 33.5 cm³/mol. The second kappa shape index (κ2) is 4.23. The Morgan fingerprint density at radius 3 is 2.45 bits per heavy atom. The number of ether oxygens (including phenoxy) is 2. The van der Waals surface area contributed by atoms with Crippen molar-refractivity contribution >= 4 is 5.97 Å². The highest BCUT2D eigenvalue weighted by molar-refractivity contribution is 5.70. The average molecular weight is 168 g/mol. The zero-order chi connectivity index (χ0) is 8.91. The molecule has 0 N–H and O–H groups in total. The van der Waals surface area contributed by atoms with Crippen LogP contribution in [-0.2, 0) is 14.3 Å². The summed E-state index contributed by atoms with van der Waals surface area (Å²) in [6.45, 7) is -0.480. The maximum Gasteiger partial charge on any atom is 0.331 e. The van der Waals surface area contributed by atoms with E-state index in [1.165, 1.54) is 0 Å². The smallest absolute Gasteiger partial charge is 0.331 e. The second-order valence-electron chi connectivity index (χ2n) is 2.14. The first kappa shape index (κ1) is 10.3. The van der Waals surface area contributed by atoms with Gasteiger partial charge in [-0.3, -0.25) is 0 Å². The molecule has 0 unspecified atom stereocenters. The molecule has 66 valence electrons. The molecule has 0 aliphatic carbocycles. The first-order valence-corrected chi connectivity index (χ1v) is 2.98. The van der Waals surface area contributed by atoms with E-state index in [1.54, 1.807) is 0 Å². The van der Waals surface area contributed by atoms with Crippen molar-refractivity contribution in [2.75, 3.05) is 20.3 Å². The van der Waals surface area contributed by atoms with Gasteiger partial charge >= 0.3 is 5.97 Å². The molecule has 3 nitrogen and oxygen atoms in total. The zero-order valence-electron chi connectivity index (χ0n) is 6.39. The number of hydrogen-bond donors (Lipinski definition) is 0. The van der Waals surface area contributed by atoms with Gasteiger partial charge in [0.2, 0.25) is 0 Å². The molecule has 0 saturated carbocycles. The number of carbonyl (C=O) groups is 1. The molecule has 0 fully saturated rings. The van der Waals surface area contributed by atoms with Crippen LogP contribution in [0.5, 0.6) is 0 Å². The molecule has 11 heavy (non-hydrogen) atoms. The molecule has 0 heterocycles. The van der Waals surface area contributed by atoms with Crippen LogP contribution >= 0.6 is 0 Å². The molecule has 0 bridgehead atoms. The van der Waals surface area contributed by atoms with E-state index in [9.17, 15) is 13.6 Å². The minimum atomic E-state index is -2.89. The maximum atomic E-state index is 12.0. The van der Waals surface area contributed by atoms with Crippen molar-refractivity contribution < 1.29 is 23.0 Å². The summed E-state index contributed by atoms with van der Waals surface area (Å²) >= 11 is 0. The van der Waals surface area contributed by atoms with E-state index in [-0.39, 0.29) is 0 Å². The predicted octanol–water partition coefficient (Wildman–Crippen LogP) is 0.831. The molecule has 0 aliphatic heterocycles. The molecular weight excluding hydrogens is 158 g/mol. The minimum absolute atomic E-state index is 0.431. The van der Waals surface area contributed by atoms with Gasteiger partial charge in [0.25, 0.3) is 5.92 Å². The highest BCUT2D eigenvalue weighted by Gasteiger charge is 2.21. The van der Waals surface area contributed by atoms with Crippen LogP contribution in [0.3, 0.4) is 0 Å². The fraction of sp³-hybridized carbons (Fsp3) is 0.833. The number of esters is 1. The number of carbonyl (C=O) groups excluding carboxylic acids is 1. The van der Waals surface area contributed by atoms with Crippen molar-refractivity contribution in [2.45, 2.75) is 12.8 Å². The number of hydrogen-bond acceptors (Lipinski definition) is 3. The lowest BCUT2D eigenvalue weighted by molar-refractivity contribution is -0.149. The second-order valence-corrected chi connectivity index (χ2v) is 2.14. The van der Waals surface area contributed by atoms with Gasteiger partial charge in [-0.15, -0.1) is 0 Å². The summed E-state index contributed by atoms with van der Waals surface area (Å²) in [5, 5.41) is 0. The molecule has 0 atom stereocenters. The molecule has 0 aromatic carbocycles. The summed E-state index contributed by atoms with van der Waals surface area (Å²) in [5.41, 5.74) is 0. The standard InChI is InChI=1S/C6H10F2O3/c1-6(7,8)4-11-3-5(9)10-2/h3-4H2,1-2H3. The molecule has 0 spiro atoms. The fourth-order valence-corrected chi connectivity index (χ4v) is 0.373. The normalized spacial score (nSPS) is 11.3. The van der Waals surface area contributed by atoms with E-state index < -0.39 is 25.1 Å². The number of methoxy groups -OCH3 is 1. The molecule has 0 amide bonds. The first-order chi connectivity index (χ1) is 4.95. The highest BCUT2D eigenvalue weighted by atomic mass is 19.3. The maximum absolute atomic E-state index is 12.0. The van der Waals surface area contributed by atoms with E-state index in [2.05, 4.69) is 9.47 Å². The van der Waals surface area contributed by atoms with Crippen LogP contribution in [0.2, 0.25) is 0 Å². The van der Waals surface area contributed by atoms with Crippen LogP contribution in [0.4, 0.5) is 8.78 Å². The monoisotopic (exact) mass is 168 g/mol. The van der Waals surface area contributed by atoms with Crippen molar-refractivity contribution in [3.63, 3.8) is 0 Å². The Morgan fingerprint density at radius 1 is 1.55 bits per heavy atom. The lowest BCUT2D eigenvalue weighted by Crippen LogP contribution is -2.22. The van der Waals surface area contributed by atoms with E-state index >= 15 is 0 Å². The number of alkyl halides is 2. The summed E-state index contributed by atoms with van der Waals surface area (Å²) in [7, 11) is 1.16. The van der Waals surface area contributed by atoms with Crippen molar-refractivity contribution in [1.82, 2.24) is 0 Å². The third-order valence-corrected chi connectivity index (χ3v) is 0.803. The summed E-state index contributed by atoms with van der Waals surface area (Å²) in [5.74, 6) is -3.55. The quantitative estimate of drug-likeness (QED) is 0.583. The van der Waals surface area contributed by atoms with Gasteiger partial charge in [-0.1, -0.05) is 0 Å². The fourth-order valence-electron chi connectivity index (χ4n) is 0.373. The molecule has 0 aliphatic rings. The zero-order valence-corrected chi connectivity index (χ0v) is 6.39. The largest absolute Gasteiger partial charge is 0.467 e. The topological polar surface area (TPSA) is 35.5 Å². The summed E-state index contributed by atoms with van der Waals surface area (Å²) in [6.07, 6.45) is 0.